The Bertz CT molecular complexity index is 33.3. The molecule has 0 unspecified atom stereocenters. The van der Waals surface area contributed by atoms with E-state index in [2.05, 4.69) is 20.3 Å². The minimum absolute atomic E-state index is 1.10. The van der Waals surface area contributed by atoms with E-state index < -0.39 is 0 Å². The third-order valence-electron chi connectivity index (χ3n) is 1.45. The van der Waals surface area contributed by atoms with Crippen LogP contribution in [0.1, 0.15) is 45.4 Å². The minimum Gasteiger partial charge on any atom is -0.0651 e. The predicted octanol–water partition coefficient (Wildman–Crippen LogP) is 3.39. The Morgan fingerprint density at radius 3 is 2.56 bits per heavy atom. The number of hydrogen-bond donors (Lipinski definition) is 0. The Morgan fingerprint density at radius 1 is 1.22 bits per heavy atom. The summed E-state index contributed by atoms with van der Waals surface area (Å²) in [4.78, 5) is 0. The van der Waals surface area contributed by atoms with Crippen molar-refractivity contribution < 1.29 is 0 Å². The van der Waals surface area contributed by atoms with Crippen molar-refractivity contribution in [1.29, 1.82) is 0 Å². The lowest BCUT2D eigenvalue weighted by Gasteiger charge is -1.95. The van der Waals surface area contributed by atoms with Crippen LogP contribution in [0.15, 0.2) is 0 Å². The molecule has 0 bridgehead atoms. The van der Waals surface area contributed by atoms with Crippen LogP contribution in [0.3, 0.4) is 0 Å². The van der Waals surface area contributed by atoms with Gasteiger partial charge in [0.1, 0.15) is 0 Å². The number of rotatable bonds is 6. The molecule has 0 aliphatic heterocycles. The first-order valence-corrected chi connectivity index (χ1v) is 4.02. The van der Waals surface area contributed by atoms with Gasteiger partial charge in [-0.1, -0.05) is 52.4 Å². The molecule has 0 aromatic carbocycles. The summed E-state index contributed by atoms with van der Waals surface area (Å²) in [5, 5.41) is 0. The Hall–Kier alpha value is 0. The first-order valence-electron chi connectivity index (χ1n) is 4.02. The van der Waals surface area contributed by atoms with E-state index in [1.807, 2.05) is 0 Å². The van der Waals surface area contributed by atoms with Crippen molar-refractivity contribution in [1.82, 2.24) is 0 Å². The molecule has 0 aromatic rings. The van der Waals surface area contributed by atoms with Gasteiger partial charge in [-0.25, -0.2) is 0 Å². The normalized spacial score (nSPS) is 10.0. The number of unbranched alkanes of at least 4 members (excludes halogenated alkanes) is 6. The predicted molar refractivity (Wildman–Crippen MR) is 43.0 cm³/mol. The smallest absolute Gasteiger partial charge is 0.0389 e. The largest absolute Gasteiger partial charge is 0.0651 e. The maximum atomic E-state index is 3.79. The molecule has 2 radical (unpaired) electrons. The van der Waals surface area contributed by atoms with Gasteiger partial charge in [0.15, 0.2) is 0 Å². The molecule has 0 aliphatic carbocycles. The van der Waals surface area contributed by atoms with Crippen LogP contribution < -0.4 is 0 Å². The van der Waals surface area contributed by atoms with Gasteiger partial charge in [-0.05, 0) is 6.42 Å². The molecule has 0 fully saturated rings. The van der Waals surface area contributed by atoms with Crippen molar-refractivity contribution in [2.45, 2.75) is 45.4 Å². The molecule has 9 heavy (non-hydrogen) atoms. The van der Waals surface area contributed by atoms with Crippen LogP contribution >= 0.6 is 0 Å². The molecular weight excluding hydrogens is 108 g/mol. The molecule has 0 rings (SSSR count). The van der Waals surface area contributed by atoms with Crippen molar-refractivity contribution in [2.24, 2.45) is 0 Å². The standard InChI is InChI=1S/C9H18/c1-3-5-7-9-8-6-4-2/h6H,1,3-5,7-9H2,2H3. The quantitative estimate of drug-likeness (QED) is 0.478. The van der Waals surface area contributed by atoms with Gasteiger partial charge in [0.05, 0.1) is 0 Å². The van der Waals surface area contributed by atoms with Gasteiger partial charge in [-0.15, -0.1) is 0 Å². The summed E-state index contributed by atoms with van der Waals surface area (Å²) in [7, 11) is 0. The summed E-state index contributed by atoms with van der Waals surface area (Å²) in [5.74, 6) is 0. The first kappa shape index (κ1) is 9.00. The lowest BCUT2D eigenvalue weighted by atomic mass is 10.1. The highest BCUT2D eigenvalue weighted by Crippen LogP contribution is 2.04. The number of hydrogen-bond acceptors (Lipinski definition) is 0. The molecule has 0 amide bonds. The van der Waals surface area contributed by atoms with E-state index in [1.54, 1.807) is 0 Å². The second kappa shape index (κ2) is 8.00. The minimum atomic E-state index is 1.10. The lowest BCUT2D eigenvalue weighted by molar-refractivity contribution is 0.672. The van der Waals surface area contributed by atoms with E-state index in [0.717, 1.165) is 6.42 Å². The summed E-state index contributed by atoms with van der Waals surface area (Å²) in [5.41, 5.74) is 0. The van der Waals surface area contributed by atoms with Crippen LogP contribution in [0, 0.1) is 13.3 Å². The fraction of sp³-hybridized carbons (Fsp3) is 0.778. The third-order valence-corrected chi connectivity index (χ3v) is 1.45. The third kappa shape index (κ3) is 8.00. The summed E-state index contributed by atoms with van der Waals surface area (Å²) >= 11 is 0. The second-order valence-corrected chi connectivity index (χ2v) is 2.40. The summed E-state index contributed by atoms with van der Waals surface area (Å²) in [6.45, 7) is 5.99. The Balaban J connectivity index is 2.60. The molecule has 54 valence electrons. The van der Waals surface area contributed by atoms with Crippen LogP contribution in [0.4, 0.5) is 0 Å². The maximum absolute atomic E-state index is 3.79. The topological polar surface area (TPSA) is 0 Å². The zero-order valence-corrected chi connectivity index (χ0v) is 6.53. The van der Waals surface area contributed by atoms with Crippen molar-refractivity contribution in [3.05, 3.63) is 13.3 Å². The molecule has 0 aromatic heterocycles. The van der Waals surface area contributed by atoms with Crippen molar-refractivity contribution in [2.75, 3.05) is 0 Å². The summed E-state index contributed by atoms with van der Waals surface area (Å²) in [6, 6.07) is 0. The van der Waals surface area contributed by atoms with Gasteiger partial charge in [0.2, 0.25) is 0 Å². The molecule has 0 aliphatic rings. The van der Waals surface area contributed by atoms with Gasteiger partial charge < -0.3 is 0 Å². The highest BCUT2D eigenvalue weighted by Gasteiger charge is 1.86. The molecule has 0 saturated heterocycles. The van der Waals surface area contributed by atoms with Gasteiger partial charge in [0.25, 0.3) is 0 Å². The van der Waals surface area contributed by atoms with Crippen molar-refractivity contribution >= 4 is 0 Å². The molecule has 0 heterocycles. The lowest BCUT2D eigenvalue weighted by Crippen LogP contribution is -1.77. The van der Waals surface area contributed by atoms with Crippen molar-refractivity contribution in [3.8, 4) is 0 Å². The highest BCUT2D eigenvalue weighted by atomic mass is 13.9. The Morgan fingerprint density at radius 2 is 2.00 bits per heavy atom. The van der Waals surface area contributed by atoms with E-state index in [4.69, 9.17) is 0 Å². The zero-order chi connectivity index (χ0) is 6.95. The van der Waals surface area contributed by atoms with Gasteiger partial charge in [0, 0.05) is 0 Å². The van der Waals surface area contributed by atoms with Gasteiger partial charge in [-0.3, -0.25) is 0 Å². The molecule has 0 spiro atoms. The Kier molecular flexibility index (Phi) is 8.00. The van der Waals surface area contributed by atoms with Crippen LogP contribution in [-0.4, -0.2) is 0 Å². The van der Waals surface area contributed by atoms with E-state index in [9.17, 15) is 0 Å². The molecule has 0 nitrogen and oxygen atoms in total. The van der Waals surface area contributed by atoms with E-state index in [0.29, 0.717) is 0 Å². The molecule has 0 saturated carbocycles. The van der Waals surface area contributed by atoms with E-state index in [-0.39, 0.29) is 0 Å². The molecule has 0 heteroatoms. The average molecular weight is 126 g/mol. The van der Waals surface area contributed by atoms with Crippen LogP contribution in [-0.2, 0) is 0 Å². The SMILES string of the molecule is [CH2]CCCCC[CH]CC. The molecule has 0 N–H and O–H groups in total. The van der Waals surface area contributed by atoms with Crippen LogP contribution in [0.2, 0.25) is 0 Å². The fourth-order valence-electron chi connectivity index (χ4n) is 0.846. The maximum Gasteiger partial charge on any atom is -0.0389 e. The van der Waals surface area contributed by atoms with E-state index in [1.165, 1.54) is 32.1 Å². The fourth-order valence-corrected chi connectivity index (χ4v) is 0.846. The van der Waals surface area contributed by atoms with Crippen LogP contribution in [0.25, 0.3) is 0 Å². The van der Waals surface area contributed by atoms with Crippen LogP contribution in [0.5, 0.6) is 0 Å². The molecule has 0 atom stereocenters. The van der Waals surface area contributed by atoms with E-state index >= 15 is 0 Å². The zero-order valence-electron chi connectivity index (χ0n) is 6.53. The van der Waals surface area contributed by atoms with Crippen molar-refractivity contribution in [3.63, 3.8) is 0 Å². The average Bonchev–Trinajstić information content (AvgIpc) is 1.89. The summed E-state index contributed by atoms with van der Waals surface area (Å²) in [6.07, 6.45) is 10.0. The van der Waals surface area contributed by atoms with Gasteiger partial charge >= 0.3 is 0 Å². The molecular formula is C9H18. The Labute approximate surface area is 59.7 Å². The highest BCUT2D eigenvalue weighted by molar-refractivity contribution is 4.60. The summed E-state index contributed by atoms with van der Waals surface area (Å²) < 4.78 is 0. The monoisotopic (exact) mass is 126 g/mol. The van der Waals surface area contributed by atoms with Gasteiger partial charge in [-0.2, -0.15) is 0 Å². The first-order chi connectivity index (χ1) is 4.41. The second-order valence-electron chi connectivity index (χ2n) is 2.40.